The lowest BCUT2D eigenvalue weighted by molar-refractivity contribution is -0.269. The lowest BCUT2D eigenvalue weighted by atomic mass is 9.96. The molecule has 4 rings (SSSR count). The van der Waals surface area contributed by atoms with E-state index in [1.165, 1.54) is 37.3 Å². The molecule has 0 saturated heterocycles. The van der Waals surface area contributed by atoms with E-state index in [1.807, 2.05) is 0 Å². The molecule has 1 N–H and O–H groups in total. The van der Waals surface area contributed by atoms with Gasteiger partial charge in [-0.2, -0.15) is 13.2 Å². The first-order valence-corrected chi connectivity index (χ1v) is 12.3. The fourth-order valence-electron chi connectivity index (χ4n) is 3.69. The number of alkyl halides is 3. The smallest absolute Gasteiger partial charge is 0.375 e. The lowest BCUT2D eigenvalue weighted by Gasteiger charge is -2.26. The van der Waals surface area contributed by atoms with Crippen LogP contribution < -0.4 is 0 Å². The second kappa shape index (κ2) is 8.68. The molecule has 0 bridgehead atoms. The maximum atomic E-state index is 13.4. The van der Waals surface area contributed by atoms with Crippen LogP contribution in [0.15, 0.2) is 59.8 Å². The topological polar surface area (TPSA) is 98.0 Å². The van der Waals surface area contributed by atoms with Crippen LogP contribution in [0.3, 0.4) is 0 Å². The minimum atomic E-state index is -4.92. The highest BCUT2D eigenvalue weighted by Gasteiger charge is 2.55. The first kappa shape index (κ1) is 24.7. The molecule has 0 saturated carbocycles. The number of fused-ring (bicyclic) bond motifs is 1. The van der Waals surface area contributed by atoms with Crippen molar-refractivity contribution in [3.63, 3.8) is 0 Å². The average molecular weight is 508 g/mol. The second-order valence-corrected chi connectivity index (χ2v) is 10.1. The molecule has 7 nitrogen and oxygen atoms in total. The number of aliphatic hydroxyl groups is 1. The zero-order valence-corrected chi connectivity index (χ0v) is 19.4. The van der Waals surface area contributed by atoms with Crippen LogP contribution in [0.1, 0.15) is 24.6 Å². The number of sulfone groups is 1. The van der Waals surface area contributed by atoms with Gasteiger partial charge in [0.1, 0.15) is 11.5 Å². The fourth-order valence-corrected chi connectivity index (χ4v) is 4.28. The van der Waals surface area contributed by atoms with E-state index >= 15 is 0 Å². The lowest BCUT2D eigenvalue weighted by Crippen LogP contribution is -2.42. The van der Waals surface area contributed by atoms with E-state index in [4.69, 9.17) is 0 Å². The van der Waals surface area contributed by atoms with Crippen molar-refractivity contribution < 1.29 is 31.1 Å². The van der Waals surface area contributed by atoms with Gasteiger partial charge in [0.2, 0.25) is 5.60 Å². The van der Waals surface area contributed by atoms with E-state index in [2.05, 4.69) is 15.3 Å². The third-order valence-electron chi connectivity index (χ3n) is 5.67. The van der Waals surface area contributed by atoms with Crippen LogP contribution in [0.25, 0.3) is 22.0 Å². The summed E-state index contributed by atoms with van der Waals surface area (Å²) in [6.07, 6.45) is -3.51. The number of benzene rings is 2. The standard InChI is InChI=1S/C23H20F4N4O3S/c1-3-22(32,23(25,26)27)20-13-31(30-29-20)12-14-4-9-17-18(15-5-7-16(24)8-6-15)11-21(35(2,33)34)28-19(17)10-14/h4-11,13,32H,3,12H2,1-2H3. The molecule has 2 aromatic heterocycles. The minimum Gasteiger partial charge on any atom is -0.375 e. The predicted octanol–water partition coefficient (Wildman–Crippen LogP) is 4.24. The molecule has 2 aromatic carbocycles. The fraction of sp³-hybridized carbons (Fsp3) is 0.261. The number of rotatable bonds is 6. The summed E-state index contributed by atoms with van der Waals surface area (Å²) < 4.78 is 79.0. The van der Waals surface area contributed by atoms with Crippen LogP contribution in [0.4, 0.5) is 17.6 Å². The van der Waals surface area contributed by atoms with E-state index in [0.717, 1.165) is 17.1 Å². The SMILES string of the molecule is CCC(O)(c1cn(Cc2ccc3c(-c4ccc(F)cc4)cc(S(C)(=O)=O)nc3c2)nn1)C(F)(F)F. The summed E-state index contributed by atoms with van der Waals surface area (Å²) >= 11 is 0. The van der Waals surface area contributed by atoms with Crippen molar-refractivity contribution in [1.29, 1.82) is 0 Å². The Bertz CT molecular complexity index is 1500. The van der Waals surface area contributed by atoms with Gasteiger partial charge in [0, 0.05) is 11.6 Å². The van der Waals surface area contributed by atoms with Crippen molar-refractivity contribution >= 4 is 20.7 Å². The molecule has 0 aliphatic heterocycles. The summed E-state index contributed by atoms with van der Waals surface area (Å²) in [5.74, 6) is -0.439. The Hall–Kier alpha value is -3.38. The van der Waals surface area contributed by atoms with Crippen molar-refractivity contribution in [3.8, 4) is 11.1 Å². The Morgan fingerprint density at radius 3 is 2.34 bits per heavy atom. The van der Waals surface area contributed by atoms with Gasteiger partial charge in [0.25, 0.3) is 0 Å². The maximum Gasteiger partial charge on any atom is 0.423 e. The van der Waals surface area contributed by atoms with E-state index in [-0.39, 0.29) is 11.6 Å². The molecule has 0 aliphatic rings. The molecule has 0 aliphatic carbocycles. The summed E-state index contributed by atoms with van der Waals surface area (Å²) in [5, 5.41) is 17.7. The molecule has 35 heavy (non-hydrogen) atoms. The van der Waals surface area contributed by atoms with Crippen LogP contribution in [-0.4, -0.2) is 45.9 Å². The molecule has 0 spiro atoms. The van der Waals surface area contributed by atoms with Crippen molar-refractivity contribution in [2.75, 3.05) is 6.26 Å². The number of hydrogen-bond acceptors (Lipinski definition) is 6. The highest BCUT2D eigenvalue weighted by atomic mass is 32.2. The van der Waals surface area contributed by atoms with Crippen molar-refractivity contribution in [2.24, 2.45) is 0 Å². The number of aromatic nitrogens is 4. The first-order valence-electron chi connectivity index (χ1n) is 10.4. The van der Waals surface area contributed by atoms with Gasteiger partial charge in [-0.05, 0) is 47.4 Å². The van der Waals surface area contributed by atoms with E-state index in [0.29, 0.717) is 27.6 Å². The quantitative estimate of drug-likeness (QED) is 0.391. The highest BCUT2D eigenvalue weighted by Crippen LogP contribution is 2.40. The van der Waals surface area contributed by atoms with Gasteiger partial charge in [0.15, 0.2) is 14.9 Å². The molecule has 1 atom stereocenters. The van der Waals surface area contributed by atoms with Gasteiger partial charge in [-0.3, -0.25) is 0 Å². The minimum absolute atomic E-state index is 0.00272. The normalized spacial score (nSPS) is 14.3. The van der Waals surface area contributed by atoms with Gasteiger partial charge in [-0.15, -0.1) is 5.10 Å². The Kier molecular flexibility index (Phi) is 6.14. The van der Waals surface area contributed by atoms with E-state index in [9.17, 15) is 31.1 Å². The van der Waals surface area contributed by atoms with E-state index in [1.54, 1.807) is 18.2 Å². The maximum absolute atomic E-state index is 13.4. The molecular weight excluding hydrogens is 488 g/mol. The van der Waals surface area contributed by atoms with Gasteiger partial charge < -0.3 is 5.11 Å². The van der Waals surface area contributed by atoms with Crippen LogP contribution >= 0.6 is 0 Å². The van der Waals surface area contributed by atoms with E-state index < -0.39 is 39.5 Å². The molecule has 184 valence electrons. The van der Waals surface area contributed by atoms with Crippen LogP contribution in [0, 0.1) is 5.82 Å². The molecule has 0 radical (unpaired) electrons. The third-order valence-corrected chi connectivity index (χ3v) is 6.64. The van der Waals surface area contributed by atoms with Crippen molar-refractivity contribution in [3.05, 3.63) is 71.8 Å². The average Bonchev–Trinajstić information content (AvgIpc) is 3.25. The molecule has 2 heterocycles. The van der Waals surface area contributed by atoms with Crippen LogP contribution in [-0.2, 0) is 22.0 Å². The highest BCUT2D eigenvalue weighted by molar-refractivity contribution is 7.90. The molecule has 0 fully saturated rings. The molecule has 4 aromatic rings. The zero-order valence-electron chi connectivity index (χ0n) is 18.6. The Labute approximate surface area is 198 Å². The van der Waals surface area contributed by atoms with Crippen LogP contribution in [0.2, 0.25) is 0 Å². The summed E-state index contributed by atoms with van der Waals surface area (Å²) in [6, 6.07) is 12.0. The Balaban J connectivity index is 1.76. The Morgan fingerprint density at radius 1 is 1.06 bits per heavy atom. The van der Waals surface area contributed by atoms with Crippen molar-refractivity contribution in [1.82, 2.24) is 20.0 Å². The number of nitrogens with zero attached hydrogens (tertiary/aromatic N) is 4. The monoisotopic (exact) mass is 508 g/mol. The van der Waals surface area contributed by atoms with Gasteiger partial charge in [0.05, 0.1) is 18.3 Å². The van der Waals surface area contributed by atoms with Crippen LogP contribution in [0.5, 0.6) is 0 Å². The molecule has 0 amide bonds. The van der Waals surface area contributed by atoms with Gasteiger partial charge >= 0.3 is 6.18 Å². The Morgan fingerprint density at radius 2 is 1.74 bits per heavy atom. The van der Waals surface area contributed by atoms with Gasteiger partial charge in [-0.25, -0.2) is 22.5 Å². The zero-order chi connectivity index (χ0) is 25.6. The summed E-state index contributed by atoms with van der Waals surface area (Å²) in [5.41, 5.74) is -1.74. The number of hydrogen-bond donors (Lipinski definition) is 1. The molecule has 12 heteroatoms. The molecular formula is C23H20F4N4O3S. The second-order valence-electron chi connectivity index (χ2n) is 8.15. The summed E-state index contributed by atoms with van der Waals surface area (Å²) in [4.78, 5) is 4.25. The third kappa shape index (κ3) is 4.76. The number of pyridine rings is 1. The first-order chi connectivity index (χ1) is 16.3. The largest absolute Gasteiger partial charge is 0.423 e. The van der Waals surface area contributed by atoms with Crippen molar-refractivity contribution in [2.45, 2.75) is 36.7 Å². The summed E-state index contributed by atoms with van der Waals surface area (Å²) in [7, 11) is -3.68. The van der Waals surface area contributed by atoms with Gasteiger partial charge in [-0.1, -0.05) is 36.4 Å². The summed E-state index contributed by atoms with van der Waals surface area (Å²) in [6.45, 7) is 1.19. The number of halogens is 4. The predicted molar refractivity (Wildman–Crippen MR) is 120 cm³/mol. The molecule has 1 unspecified atom stereocenters.